The van der Waals surface area contributed by atoms with Crippen molar-refractivity contribution in [3.63, 3.8) is 0 Å². The van der Waals surface area contributed by atoms with Crippen LogP contribution in [0.1, 0.15) is 50.9 Å². The fraction of sp³-hybridized carbons (Fsp3) is 0.625. The van der Waals surface area contributed by atoms with Crippen molar-refractivity contribution >= 4 is 5.69 Å². The van der Waals surface area contributed by atoms with Crippen LogP contribution in [0.5, 0.6) is 5.75 Å². The Hall–Kier alpha value is -1.26. The molecule has 4 heteroatoms. The molecule has 0 amide bonds. The summed E-state index contributed by atoms with van der Waals surface area (Å²) in [5, 5.41) is 0. The average molecular weight is 279 g/mol. The van der Waals surface area contributed by atoms with E-state index in [1.165, 1.54) is 25.7 Å². The van der Waals surface area contributed by atoms with Crippen molar-refractivity contribution in [2.75, 3.05) is 25.6 Å². The van der Waals surface area contributed by atoms with Crippen molar-refractivity contribution in [3.05, 3.63) is 23.8 Å². The molecule has 0 saturated carbocycles. The van der Waals surface area contributed by atoms with Gasteiger partial charge in [0.15, 0.2) is 6.29 Å². The van der Waals surface area contributed by atoms with Crippen molar-refractivity contribution in [1.29, 1.82) is 0 Å². The number of rotatable bonds is 8. The molecular formula is C16H25NO3. The molecule has 2 N–H and O–H groups in total. The maximum Gasteiger partial charge on any atom is 0.186 e. The van der Waals surface area contributed by atoms with E-state index in [4.69, 9.17) is 19.9 Å². The van der Waals surface area contributed by atoms with E-state index in [-0.39, 0.29) is 6.29 Å². The van der Waals surface area contributed by atoms with E-state index in [0.29, 0.717) is 18.9 Å². The first-order chi connectivity index (χ1) is 9.81. The van der Waals surface area contributed by atoms with E-state index < -0.39 is 0 Å². The Morgan fingerprint density at radius 2 is 1.90 bits per heavy atom. The second kappa shape index (κ2) is 8.12. The highest BCUT2D eigenvalue weighted by molar-refractivity contribution is 5.51. The maximum atomic E-state index is 5.96. The Morgan fingerprint density at radius 1 is 1.15 bits per heavy atom. The van der Waals surface area contributed by atoms with Crippen LogP contribution in [-0.2, 0) is 9.47 Å². The largest absolute Gasteiger partial charge is 0.494 e. The minimum absolute atomic E-state index is 0.344. The molecule has 0 spiro atoms. The van der Waals surface area contributed by atoms with Crippen LogP contribution >= 0.6 is 0 Å². The van der Waals surface area contributed by atoms with Crippen molar-refractivity contribution in [1.82, 2.24) is 0 Å². The van der Waals surface area contributed by atoms with Gasteiger partial charge in [0.2, 0.25) is 0 Å². The molecule has 0 unspecified atom stereocenters. The third-order valence-electron chi connectivity index (χ3n) is 3.45. The van der Waals surface area contributed by atoms with E-state index in [9.17, 15) is 0 Å². The average Bonchev–Trinajstić information content (AvgIpc) is 2.98. The van der Waals surface area contributed by atoms with Gasteiger partial charge in [0.25, 0.3) is 0 Å². The summed E-state index contributed by atoms with van der Waals surface area (Å²) < 4.78 is 16.7. The molecule has 4 nitrogen and oxygen atoms in total. The predicted molar refractivity (Wildman–Crippen MR) is 79.8 cm³/mol. The van der Waals surface area contributed by atoms with Gasteiger partial charge in [0, 0.05) is 11.3 Å². The first-order valence-corrected chi connectivity index (χ1v) is 7.56. The van der Waals surface area contributed by atoms with Gasteiger partial charge in [-0.15, -0.1) is 0 Å². The Labute approximate surface area is 121 Å². The molecular weight excluding hydrogens is 254 g/mol. The van der Waals surface area contributed by atoms with Crippen molar-refractivity contribution < 1.29 is 14.2 Å². The van der Waals surface area contributed by atoms with E-state index in [1.54, 1.807) is 0 Å². The SMILES string of the molecule is CCCCCCCOc1ccc(N)c(C2OCCO2)c1. The zero-order valence-corrected chi connectivity index (χ0v) is 12.3. The lowest BCUT2D eigenvalue weighted by Crippen LogP contribution is -2.04. The van der Waals surface area contributed by atoms with Gasteiger partial charge in [-0.3, -0.25) is 0 Å². The van der Waals surface area contributed by atoms with Crippen LogP contribution in [0.3, 0.4) is 0 Å². The highest BCUT2D eigenvalue weighted by atomic mass is 16.7. The summed E-state index contributed by atoms with van der Waals surface area (Å²) in [5.74, 6) is 0.837. The van der Waals surface area contributed by atoms with Gasteiger partial charge < -0.3 is 19.9 Å². The van der Waals surface area contributed by atoms with E-state index >= 15 is 0 Å². The molecule has 0 atom stereocenters. The van der Waals surface area contributed by atoms with Crippen LogP contribution in [0.2, 0.25) is 0 Å². The molecule has 1 heterocycles. The molecule has 1 saturated heterocycles. The summed E-state index contributed by atoms with van der Waals surface area (Å²) >= 11 is 0. The minimum Gasteiger partial charge on any atom is -0.494 e. The van der Waals surface area contributed by atoms with Gasteiger partial charge in [-0.25, -0.2) is 0 Å². The van der Waals surface area contributed by atoms with Crippen LogP contribution < -0.4 is 10.5 Å². The zero-order chi connectivity index (χ0) is 14.2. The lowest BCUT2D eigenvalue weighted by Gasteiger charge is -2.14. The van der Waals surface area contributed by atoms with E-state index in [0.717, 1.165) is 24.3 Å². The molecule has 112 valence electrons. The maximum absolute atomic E-state index is 5.96. The van der Waals surface area contributed by atoms with Crippen molar-refractivity contribution in [3.8, 4) is 5.75 Å². The summed E-state index contributed by atoms with van der Waals surface area (Å²) in [6.45, 7) is 4.21. The van der Waals surface area contributed by atoms with Gasteiger partial charge in [0.1, 0.15) is 5.75 Å². The summed E-state index contributed by atoms with van der Waals surface area (Å²) in [6, 6.07) is 5.68. The molecule has 1 aliphatic rings. The van der Waals surface area contributed by atoms with Gasteiger partial charge in [-0.1, -0.05) is 32.6 Å². The molecule has 1 aliphatic heterocycles. The molecule has 1 aromatic carbocycles. The summed E-state index contributed by atoms with van der Waals surface area (Å²) in [6.07, 6.45) is 5.84. The van der Waals surface area contributed by atoms with Gasteiger partial charge in [-0.05, 0) is 24.6 Å². The van der Waals surface area contributed by atoms with E-state index in [1.807, 2.05) is 18.2 Å². The highest BCUT2D eigenvalue weighted by Gasteiger charge is 2.21. The van der Waals surface area contributed by atoms with Gasteiger partial charge in [0.05, 0.1) is 19.8 Å². The fourth-order valence-electron chi connectivity index (χ4n) is 2.28. The Balaban J connectivity index is 1.81. The fourth-order valence-corrected chi connectivity index (χ4v) is 2.28. The quantitative estimate of drug-likeness (QED) is 0.583. The molecule has 0 radical (unpaired) electrons. The van der Waals surface area contributed by atoms with Crippen LogP contribution in [0.25, 0.3) is 0 Å². The number of hydrogen-bond donors (Lipinski definition) is 1. The molecule has 0 bridgehead atoms. The van der Waals surface area contributed by atoms with Crippen LogP contribution in [0.15, 0.2) is 18.2 Å². The zero-order valence-electron chi connectivity index (χ0n) is 12.3. The highest BCUT2D eigenvalue weighted by Crippen LogP contribution is 2.31. The molecule has 20 heavy (non-hydrogen) atoms. The normalized spacial score (nSPS) is 15.7. The number of ether oxygens (including phenoxy) is 3. The number of benzene rings is 1. The Bertz CT molecular complexity index is 403. The number of unbranched alkanes of at least 4 members (excludes halogenated alkanes) is 4. The Morgan fingerprint density at radius 3 is 2.65 bits per heavy atom. The first-order valence-electron chi connectivity index (χ1n) is 7.56. The van der Waals surface area contributed by atoms with Gasteiger partial charge in [-0.2, -0.15) is 0 Å². The molecule has 1 fully saturated rings. The minimum atomic E-state index is -0.344. The third-order valence-corrected chi connectivity index (χ3v) is 3.45. The van der Waals surface area contributed by atoms with Crippen LogP contribution in [-0.4, -0.2) is 19.8 Å². The molecule has 0 aliphatic carbocycles. The predicted octanol–water partition coefficient (Wildman–Crippen LogP) is 3.66. The topological polar surface area (TPSA) is 53.7 Å². The number of nitrogens with two attached hydrogens (primary N) is 1. The second-order valence-corrected chi connectivity index (χ2v) is 5.13. The summed E-state index contributed by atoms with van der Waals surface area (Å²) in [5.41, 5.74) is 7.52. The molecule has 2 rings (SSSR count). The molecule has 0 aromatic heterocycles. The lowest BCUT2D eigenvalue weighted by atomic mass is 10.1. The van der Waals surface area contributed by atoms with Gasteiger partial charge >= 0.3 is 0 Å². The van der Waals surface area contributed by atoms with Crippen molar-refractivity contribution in [2.45, 2.75) is 45.3 Å². The second-order valence-electron chi connectivity index (χ2n) is 5.13. The molecule has 1 aromatic rings. The van der Waals surface area contributed by atoms with Crippen LogP contribution in [0.4, 0.5) is 5.69 Å². The Kier molecular flexibility index (Phi) is 6.15. The van der Waals surface area contributed by atoms with E-state index in [2.05, 4.69) is 6.92 Å². The number of anilines is 1. The summed E-state index contributed by atoms with van der Waals surface area (Å²) in [4.78, 5) is 0. The third kappa shape index (κ3) is 4.39. The number of hydrogen-bond acceptors (Lipinski definition) is 4. The summed E-state index contributed by atoms with van der Waals surface area (Å²) in [7, 11) is 0. The number of nitrogen functional groups attached to an aromatic ring is 1. The standard InChI is InChI=1S/C16H25NO3/c1-2-3-4-5-6-9-18-13-7-8-15(17)14(12-13)16-19-10-11-20-16/h7-8,12,16H,2-6,9-11,17H2,1H3. The van der Waals surface area contributed by atoms with Crippen molar-refractivity contribution in [2.24, 2.45) is 0 Å². The van der Waals surface area contributed by atoms with Crippen LogP contribution in [0, 0.1) is 0 Å². The lowest BCUT2D eigenvalue weighted by molar-refractivity contribution is -0.0436. The smallest absolute Gasteiger partial charge is 0.186 e. The monoisotopic (exact) mass is 279 g/mol. The first kappa shape index (κ1) is 15.1.